The van der Waals surface area contributed by atoms with Gasteiger partial charge < -0.3 is 5.32 Å². The molecule has 0 spiro atoms. The maximum Gasteiger partial charge on any atom is 0.258 e. The molecule has 0 aliphatic carbocycles. The third-order valence-electron chi connectivity index (χ3n) is 2.16. The Morgan fingerprint density at radius 3 is 2.61 bits per heavy atom. The molecule has 0 aliphatic heterocycles. The van der Waals surface area contributed by atoms with Crippen LogP contribution in [0.4, 0.5) is 5.82 Å². The Morgan fingerprint density at radius 1 is 1.11 bits per heavy atom. The van der Waals surface area contributed by atoms with Crippen molar-refractivity contribution >= 4 is 46.5 Å². The second-order valence-electron chi connectivity index (χ2n) is 3.41. The minimum Gasteiger partial charge on any atom is -0.305 e. The van der Waals surface area contributed by atoms with Crippen LogP contribution in [0, 0.1) is 0 Å². The van der Waals surface area contributed by atoms with E-state index in [1.807, 2.05) is 0 Å². The van der Waals surface area contributed by atoms with Gasteiger partial charge in [-0.15, -0.1) is 0 Å². The molecule has 2 aromatic rings. The van der Waals surface area contributed by atoms with Gasteiger partial charge in [-0.1, -0.05) is 34.8 Å². The first-order chi connectivity index (χ1) is 8.58. The lowest BCUT2D eigenvalue weighted by atomic mass is 10.2. The van der Waals surface area contributed by atoms with Gasteiger partial charge >= 0.3 is 0 Å². The van der Waals surface area contributed by atoms with E-state index in [9.17, 15) is 4.79 Å². The number of hydrogen-bond acceptors (Lipinski definition) is 2. The molecule has 0 bridgehead atoms. The standard InChI is InChI=1S/C12H7Cl3N2O/c13-7-3-4-9(14)8(6-7)12(18)17-11-10(15)2-1-5-16-11/h1-6H,(H,16,17,18). The lowest BCUT2D eigenvalue weighted by Crippen LogP contribution is -2.13. The van der Waals surface area contributed by atoms with Crippen LogP contribution in [-0.4, -0.2) is 10.9 Å². The highest BCUT2D eigenvalue weighted by atomic mass is 35.5. The second-order valence-corrected chi connectivity index (χ2v) is 4.66. The van der Waals surface area contributed by atoms with Crippen molar-refractivity contribution in [1.82, 2.24) is 4.98 Å². The average Bonchev–Trinajstić information content (AvgIpc) is 2.35. The molecule has 0 fully saturated rings. The predicted octanol–water partition coefficient (Wildman–Crippen LogP) is 4.29. The number of carbonyl (C=O) groups excluding carboxylic acids is 1. The fraction of sp³-hybridized carbons (Fsp3) is 0. The van der Waals surface area contributed by atoms with Crippen LogP contribution in [0.3, 0.4) is 0 Å². The first kappa shape index (κ1) is 13.1. The van der Waals surface area contributed by atoms with Gasteiger partial charge in [0, 0.05) is 11.2 Å². The average molecular weight is 302 g/mol. The summed E-state index contributed by atoms with van der Waals surface area (Å²) >= 11 is 17.6. The fourth-order valence-electron chi connectivity index (χ4n) is 1.32. The summed E-state index contributed by atoms with van der Waals surface area (Å²) in [5, 5.41) is 3.66. The van der Waals surface area contributed by atoms with Crippen molar-refractivity contribution in [3.8, 4) is 0 Å². The van der Waals surface area contributed by atoms with Crippen LogP contribution in [0.25, 0.3) is 0 Å². The number of nitrogens with one attached hydrogen (secondary N) is 1. The molecule has 1 N–H and O–H groups in total. The number of carbonyl (C=O) groups is 1. The van der Waals surface area contributed by atoms with E-state index in [-0.39, 0.29) is 11.4 Å². The third-order valence-corrected chi connectivity index (χ3v) is 3.03. The number of pyridine rings is 1. The number of aromatic nitrogens is 1. The molecule has 0 atom stereocenters. The lowest BCUT2D eigenvalue weighted by molar-refractivity contribution is 0.102. The summed E-state index contributed by atoms with van der Waals surface area (Å²) in [6, 6.07) is 7.94. The van der Waals surface area contributed by atoms with E-state index in [1.165, 1.54) is 12.3 Å². The van der Waals surface area contributed by atoms with E-state index in [0.717, 1.165) is 0 Å². The highest BCUT2D eigenvalue weighted by Gasteiger charge is 2.13. The van der Waals surface area contributed by atoms with Crippen molar-refractivity contribution in [2.45, 2.75) is 0 Å². The largest absolute Gasteiger partial charge is 0.305 e. The highest BCUT2D eigenvalue weighted by Crippen LogP contribution is 2.23. The first-order valence-electron chi connectivity index (χ1n) is 4.95. The molecule has 1 aromatic heterocycles. The summed E-state index contributed by atoms with van der Waals surface area (Å²) in [5.41, 5.74) is 0.269. The molecule has 1 amide bonds. The molecule has 0 saturated heterocycles. The van der Waals surface area contributed by atoms with Gasteiger partial charge in [-0.3, -0.25) is 4.79 Å². The van der Waals surface area contributed by atoms with Crippen molar-refractivity contribution < 1.29 is 4.79 Å². The molecule has 0 aliphatic rings. The van der Waals surface area contributed by atoms with E-state index in [4.69, 9.17) is 34.8 Å². The normalized spacial score (nSPS) is 10.2. The Bertz CT molecular complexity index is 602. The van der Waals surface area contributed by atoms with Crippen molar-refractivity contribution in [2.75, 3.05) is 5.32 Å². The van der Waals surface area contributed by atoms with Crippen molar-refractivity contribution in [3.05, 3.63) is 57.2 Å². The molecule has 3 nitrogen and oxygen atoms in total. The number of anilines is 1. The first-order valence-corrected chi connectivity index (χ1v) is 6.08. The monoisotopic (exact) mass is 300 g/mol. The van der Waals surface area contributed by atoms with Crippen molar-refractivity contribution in [3.63, 3.8) is 0 Å². The molecule has 0 radical (unpaired) electrons. The number of halogens is 3. The van der Waals surface area contributed by atoms with Crippen molar-refractivity contribution in [1.29, 1.82) is 0 Å². The number of nitrogens with zero attached hydrogens (tertiary/aromatic N) is 1. The van der Waals surface area contributed by atoms with Gasteiger partial charge in [-0.25, -0.2) is 4.98 Å². The third kappa shape index (κ3) is 2.93. The Kier molecular flexibility index (Phi) is 4.07. The quantitative estimate of drug-likeness (QED) is 0.899. The summed E-state index contributed by atoms with van der Waals surface area (Å²) in [6.45, 7) is 0. The molecular formula is C12H7Cl3N2O. The highest BCUT2D eigenvalue weighted by molar-refractivity contribution is 6.37. The summed E-state index contributed by atoms with van der Waals surface area (Å²) in [6.07, 6.45) is 1.53. The maximum absolute atomic E-state index is 12.0. The van der Waals surface area contributed by atoms with Gasteiger partial charge in [-0.05, 0) is 30.3 Å². The molecule has 0 saturated carbocycles. The maximum atomic E-state index is 12.0. The molecule has 6 heteroatoms. The Morgan fingerprint density at radius 2 is 1.89 bits per heavy atom. The summed E-state index contributed by atoms with van der Waals surface area (Å²) in [7, 11) is 0. The molecule has 92 valence electrons. The number of rotatable bonds is 2. The van der Waals surface area contributed by atoms with E-state index in [2.05, 4.69) is 10.3 Å². The van der Waals surface area contributed by atoms with Crippen LogP contribution >= 0.6 is 34.8 Å². The number of hydrogen-bond donors (Lipinski definition) is 1. The minimum atomic E-state index is -0.414. The Balaban J connectivity index is 2.28. The smallest absolute Gasteiger partial charge is 0.258 e. The van der Waals surface area contributed by atoms with E-state index >= 15 is 0 Å². The van der Waals surface area contributed by atoms with E-state index in [1.54, 1.807) is 24.3 Å². The van der Waals surface area contributed by atoms with E-state index in [0.29, 0.717) is 15.1 Å². The van der Waals surface area contributed by atoms with Crippen LogP contribution in [-0.2, 0) is 0 Å². The zero-order valence-electron chi connectivity index (χ0n) is 8.95. The molecule has 0 unspecified atom stereocenters. The van der Waals surface area contributed by atoms with Crippen LogP contribution in [0.2, 0.25) is 15.1 Å². The minimum absolute atomic E-state index is 0.269. The Labute approximate surface area is 119 Å². The van der Waals surface area contributed by atoms with Crippen LogP contribution in [0.1, 0.15) is 10.4 Å². The van der Waals surface area contributed by atoms with Gasteiger partial charge in [-0.2, -0.15) is 0 Å². The summed E-state index contributed by atoms with van der Waals surface area (Å²) < 4.78 is 0. The topological polar surface area (TPSA) is 42.0 Å². The van der Waals surface area contributed by atoms with Gasteiger partial charge in [0.2, 0.25) is 0 Å². The zero-order chi connectivity index (χ0) is 13.1. The molecule has 1 heterocycles. The van der Waals surface area contributed by atoms with Gasteiger partial charge in [0.1, 0.15) is 0 Å². The van der Waals surface area contributed by atoms with Crippen molar-refractivity contribution in [2.24, 2.45) is 0 Å². The predicted molar refractivity (Wildman–Crippen MR) is 73.7 cm³/mol. The van der Waals surface area contributed by atoms with Gasteiger partial charge in [0.15, 0.2) is 5.82 Å². The summed E-state index contributed by atoms with van der Waals surface area (Å²) in [5.74, 6) is -0.136. The SMILES string of the molecule is O=C(Nc1ncccc1Cl)c1cc(Cl)ccc1Cl. The van der Waals surface area contributed by atoms with Gasteiger partial charge in [0.05, 0.1) is 15.6 Å². The van der Waals surface area contributed by atoms with Gasteiger partial charge in [0.25, 0.3) is 5.91 Å². The van der Waals surface area contributed by atoms with E-state index < -0.39 is 5.91 Å². The van der Waals surface area contributed by atoms with Crippen LogP contribution in [0.5, 0.6) is 0 Å². The number of amides is 1. The molecule has 2 rings (SSSR count). The summed E-state index contributed by atoms with van der Waals surface area (Å²) in [4.78, 5) is 15.9. The second kappa shape index (κ2) is 5.57. The molecule has 1 aromatic carbocycles. The molecule has 18 heavy (non-hydrogen) atoms. The zero-order valence-corrected chi connectivity index (χ0v) is 11.2. The molecular weight excluding hydrogens is 295 g/mol. The van der Waals surface area contributed by atoms with Crippen LogP contribution in [0.15, 0.2) is 36.5 Å². The number of benzene rings is 1. The van der Waals surface area contributed by atoms with Crippen LogP contribution < -0.4 is 5.32 Å². The Hall–Kier alpha value is -1.29. The fourth-order valence-corrected chi connectivity index (χ4v) is 1.87. The lowest BCUT2D eigenvalue weighted by Gasteiger charge is -2.07.